The predicted octanol–water partition coefficient (Wildman–Crippen LogP) is 5.55. The molecule has 164 valence electrons. The lowest BCUT2D eigenvalue weighted by Crippen LogP contribution is -2.21. The van der Waals surface area contributed by atoms with Crippen molar-refractivity contribution in [3.8, 4) is 51.0 Å². The fourth-order valence-corrected chi connectivity index (χ4v) is 4.27. The van der Waals surface area contributed by atoms with Crippen LogP contribution in [0.3, 0.4) is 0 Å². The highest BCUT2D eigenvalue weighted by Gasteiger charge is 2.35. The van der Waals surface area contributed by atoms with E-state index in [1.165, 1.54) is 18.2 Å². The van der Waals surface area contributed by atoms with Gasteiger partial charge < -0.3 is 25.2 Å². The number of carbonyl (C=O) groups is 1. The highest BCUT2D eigenvalue weighted by Crippen LogP contribution is 2.50. The molecule has 0 saturated heterocycles. The number of aromatic hydroxyl groups is 4. The van der Waals surface area contributed by atoms with Gasteiger partial charge in [0.25, 0.3) is 0 Å². The van der Waals surface area contributed by atoms with Crippen molar-refractivity contribution < 1.29 is 30.0 Å². The van der Waals surface area contributed by atoms with Crippen molar-refractivity contribution in [2.45, 2.75) is 12.5 Å². The van der Waals surface area contributed by atoms with E-state index < -0.39 is 6.10 Å². The lowest BCUT2D eigenvalue weighted by molar-refractivity contribution is 0.0842. The molecule has 1 heterocycles. The van der Waals surface area contributed by atoms with E-state index in [0.29, 0.717) is 16.7 Å². The monoisotopic (exact) mass is 440 g/mol. The van der Waals surface area contributed by atoms with Crippen LogP contribution >= 0.6 is 0 Å². The molecule has 0 bridgehead atoms. The van der Waals surface area contributed by atoms with Gasteiger partial charge in [-0.15, -0.1) is 0 Å². The van der Waals surface area contributed by atoms with Gasteiger partial charge >= 0.3 is 0 Å². The number of phenols is 4. The van der Waals surface area contributed by atoms with Gasteiger partial charge in [0.15, 0.2) is 5.78 Å². The SMILES string of the molecule is O=C1CC(c2ccc(O)c(-c3ccccc3)c2O)Oc2cc(O)c(-c3ccccc3)c(O)c21. The topological polar surface area (TPSA) is 107 Å². The summed E-state index contributed by atoms with van der Waals surface area (Å²) in [4.78, 5) is 13.1. The van der Waals surface area contributed by atoms with E-state index >= 15 is 0 Å². The van der Waals surface area contributed by atoms with Crippen LogP contribution in [0, 0.1) is 0 Å². The molecule has 6 nitrogen and oxygen atoms in total. The number of phenolic OH excluding ortho intramolecular Hbond substituents is 4. The Morgan fingerprint density at radius 1 is 0.667 bits per heavy atom. The Bertz CT molecular complexity index is 1360. The van der Waals surface area contributed by atoms with Crippen LogP contribution in [0.2, 0.25) is 0 Å². The minimum Gasteiger partial charge on any atom is -0.507 e. The maximum atomic E-state index is 13.1. The van der Waals surface area contributed by atoms with Crippen LogP contribution in [0.4, 0.5) is 0 Å². The van der Waals surface area contributed by atoms with Crippen LogP contribution in [0.1, 0.15) is 28.4 Å². The Morgan fingerprint density at radius 2 is 1.24 bits per heavy atom. The van der Waals surface area contributed by atoms with E-state index in [4.69, 9.17) is 4.74 Å². The van der Waals surface area contributed by atoms with E-state index in [9.17, 15) is 25.2 Å². The largest absolute Gasteiger partial charge is 0.507 e. The molecule has 4 aromatic rings. The van der Waals surface area contributed by atoms with Crippen molar-refractivity contribution in [2.24, 2.45) is 0 Å². The molecule has 0 aromatic heterocycles. The molecule has 4 N–H and O–H groups in total. The highest BCUT2D eigenvalue weighted by atomic mass is 16.5. The fraction of sp³-hybridized carbons (Fsp3) is 0.0741. The zero-order chi connectivity index (χ0) is 23.1. The lowest BCUT2D eigenvalue weighted by Gasteiger charge is -2.28. The van der Waals surface area contributed by atoms with Crippen molar-refractivity contribution in [2.75, 3.05) is 0 Å². The number of hydrogen-bond acceptors (Lipinski definition) is 6. The summed E-state index contributed by atoms with van der Waals surface area (Å²) in [5, 5.41) is 42.7. The van der Waals surface area contributed by atoms with Crippen molar-refractivity contribution in [1.82, 2.24) is 0 Å². The summed E-state index contributed by atoms with van der Waals surface area (Å²) < 4.78 is 5.97. The maximum absolute atomic E-state index is 13.1. The molecule has 0 fully saturated rings. The fourth-order valence-electron chi connectivity index (χ4n) is 4.27. The van der Waals surface area contributed by atoms with Gasteiger partial charge in [0.1, 0.15) is 40.4 Å². The van der Waals surface area contributed by atoms with Crippen LogP contribution in [0.25, 0.3) is 22.3 Å². The minimum atomic E-state index is -0.866. The van der Waals surface area contributed by atoms with E-state index in [2.05, 4.69) is 0 Å². The van der Waals surface area contributed by atoms with E-state index in [1.807, 2.05) is 12.1 Å². The summed E-state index contributed by atoms with van der Waals surface area (Å²) in [6.07, 6.45) is -0.999. The molecule has 1 aliphatic heterocycles. The Morgan fingerprint density at radius 3 is 1.85 bits per heavy atom. The molecule has 33 heavy (non-hydrogen) atoms. The molecule has 0 saturated carbocycles. The zero-order valence-electron chi connectivity index (χ0n) is 17.4. The average molecular weight is 440 g/mol. The Hall–Kier alpha value is -4.45. The first-order valence-corrected chi connectivity index (χ1v) is 10.4. The van der Waals surface area contributed by atoms with Crippen molar-refractivity contribution in [3.63, 3.8) is 0 Å². The van der Waals surface area contributed by atoms with Crippen molar-refractivity contribution in [1.29, 1.82) is 0 Å². The lowest BCUT2D eigenvalue weighted by atomic mass is 9.90. The minimum absolute atomic E-state index is 0.00976. The standard InChI is InChI=1S/C27H20O6/c28-18-12-11-17(26(31)23(18)15-7-3-1-4-8-15)21-13-20(30)25-22(33-21)14-19(29)24(27(25)32)16-9-5-2-6-10-16/h1-12,14,21,28-29,31-32H,13H2. The van der Waals surface area contributed by atoms with Gasteiger partial charge in [0.05, 0.1) is 17.5 Å². The first-order chi connectivity index (χ1) is 16.0. The molecule has 1 atom stereocenters. The van der Waals surface area contributed by atoms with Gasteiger partial charge in [0, 0.05) is 11.6 Å². The number of fused-ring (bicyclic) bond motifs is 1. The summed E-state index contributed by atoms with van der Waals surface area (Å²) in [6, 6.07) is 21.9. The zero-order valence-corrected chi connectivity index (χ0v) is 17.4. The molecule has 4 aromatic carbocycles. The highest BCUT2D eigenvalue weighted by molar-refractivity contribution is 6.05. The second-order valence-corrected chi connectivity index (χ2v) is 7.86. The first-order valence-electron chi connectivity index (χ1n) is 10.4. The number of ether oxygens (including phenoxy) is 1. The summed E-state index contributed by atoms with van der Waals surface area (Å²) in [5.41, 5.74) is 1.87. The number of benzene rings is 4. The third-order valence-corrected chi connectivity index (χ3v) is 5.82. The molecule has 5 rings (SSSR count). The van der Waals surface area contributed by atoms with Crippen LogP contribution in [0.15, 0.2) is 78.9 Å². The van der Waals surface area contributed by atoms with Gasteiger partial charge in [-0.25, -0.2) is 0 Å². The van der Waals surface area contributed by atoms with Gasteiger partial charge in [-0.1, -0.05) is 60.7 Å². The van der Waals surface area contributed by atoms with Crippen LogP contribution in [-0.4, -0.2) is 26.2 Å². The second kappa shape index (κ2) is 7.91. The third-order valence-electron chi connectivity index (χ3n) is 5.82. The maximum Gasteiger partial charge on any atom is 0.174 e. The van der Waals surface area contributed by atoms with E-state index in [0.717, 1.165) is 0 Å². The molecule has 0 spiro atoms. The molecule has 6 heteroatoms. The Kier molecular flexibility index (Phi) is 4.90. The predicted molar refractivity (Wildman–Crippen MR) is 123 cm³/mol. The number of rotatable bonds is 3. The van der Waals surface area contributed by atoms with Crippen molar-refractivity contribution >= 4 is 5.78 Å². The van der Waals surface area contributed by atoms with Gasteiger partial charge in [0.2, 0.25) is 0 Å². The first kappa shape index (κ1) is 20.5. The van der Waals surface area contributed by atoms with E-state index in [-0.39, 0.29) is 57.6 Å². The Labute approximate surface area is 189 Å². The molecular weight excluding hydrogens is 420 g/mol. The van der Waals surface area contributed by atoms with Crippen molar-refractivity contribution in [3.05, 3.63) is 90.0 Å². The van der Waals surface area contributed by atoms with Gasteiger partial charge in [-0.2, -0.15) is 0 Å². The molecule has 0 aliphatic carbocycles. The van der Waals surface area contributed by atoms with Gasteiger partial charge in [-0.05, 0) is 23.3 Å². The Balaban J connectivity index is 1.58. The van der Waals surface area contributed by atoms with Gasteiger partial charge in [-0.3, -0.25) is 4.79 Å². The number of ketones is 1. The quantitative estimate of drug-likeness (QED) is 0.333. The average Bonchev–Trinajstić information content (AvgIpc) is 2.80. The second-order valence-electron chi connectivity index (χ2n) is 7.86. The molecule has 0 radical (unpaired) electrons. The molecular formula is C27H20O6. The molecule has 1 unspecified atom stereocenters. The van der Waals surface area contributed by atoms with Crippen LogP contribution < -0.4 is 4.74 Å². The number of Topliss-reactive ketones (excluding diaryl/α,β-unsaturated/α-hetero) is 1. The third kappa shape index (κ3) is 3.42. The smallest absolute Gasteiger partial charge is 0.174 e. The summed E-state index contributed by atoms with van der Waals surface area (Å²) in [5.74, 6) is -1.24. The number of hydrogen-bond donors (Lipinski definition) is 4. The normalized spacial score (nSPS) is 15.0. The summed E-state index contributed by atoms with van der Waals surface area (Å²) >= 11 is 0. The van der Waals surface area contributed by atoms with Crippen LogP contribution in [-0.2, 0) is 0 Å². The van der Waals surface area contributed by atoms with Crippen LogP contribution in [0.5, 0.6) is 28.7 Å². The summed E-state index contributed by atoms with van der Waals surface area (Å²) in [7, 11) is 0. The molecule has 0 amide bonds. The summed E-state index contributed by atoms with van der Waals surface area (Å²) in [6.45, 7) is 0. The number of carbonyl (C=O) groups excluding carboxylic acids is 1. The molecule has 1 aliphatic rings. The van der Waals surface area contributed by atoms with E-state index in [1.54, 1.807) is 48.5 Å².